The molecule has 1 saturated carbocycles. The van der Waals surface area contributed by atoms with E-state index in [0.717, 1.165) is 91.8 Å². The first-order valence-corrected chi connectivity index (χ1v) is 16.7. The number of para-hydroxylation sites is 1. The molecule has 1 aliphatic carbocycles. The number of hydrogen-bond donors (Lipinski definition) is 0. The normalized spacial score (nSPS) is 22.9. The molecular formula is C30H39N7O4S. The highest BCUT2D eigenvalue weighted by molar-refractivity contribution is 7.87. The van der Waals surface area contributed by atoms with Gasteiger partial charge < -0.3 is 9.64 Å². The highest BCUT2D eigenvalue weighted by atomic mass is 32.2. The van der Waals surface area contributed by atoms with Crippen molar-refractivity contribution in [2.75, 3.05) is 64.4 Å². The lowest BCUT2D eigenvalue weighted by Gasteiger charge is -2.41. The van der Waals surface area contributed by atoms with Gasteiger partial charge in [-0.3, -0.25) is 9.69 Å². The minimum absolute atomic E-state index is 0.143. The Morgan fingerprint density at radius 1 is 0.929 bits per heavy atom. The number of rotatable bonds is 5. The molecule has 42 heavy (non-hydrogen) atoms. The molecule has 2 aromatic heterocycles. The summed E-state index contributed by atoms with van der Waals surface area (Å²) in [4.78, 5) is 23.8. The number of hydrogen-bond acceptors (Lipinski definition) is 8. The summed E-state index contributed by atoms with van der Waals surface area (Å²) in [5.41, 5.74) is 3.59. The monoisotopic (exact) mass is 593 g/mol. The lowest BCUT2D eigenvalue weighted by Crippen LogP contribution is -2.50. The van der Waals surface area contributed by atoms with Gasteiger partial charge in [0.15, 0.2) is 5.65 Å². The third kappa shape index (κ3) is 4.87. The molecule has 12 heteroatoms. The summed E-state index contributed by atoms with van der Waals surface area (Å²) in [6.07, 6.45) is 5.96. The Kier molecular flexibility index (Phi) is 7.41. The number of anilines is 1. The summed E-state index contributed by atoms with van der Waals surface area (Å²) < 4.78 is 36.0. The zero-order valence-corrected chi connectivity index (χ0v) is 25.0. The maximum absolute atomic E-state index is 13.9. The van der Waals surface area contributed by atoms with Gasteiger partial charge in [0.2, 0.25) is 0 Å². The Morgan fingerprint density at radius 2 is 1.67 bits per heavy atom. The number of benzene rings is 1. The van der Waals surface area contributed by atoms with E-state index in [4.69, 9.17) is 14.8 Å². The van der Waals surface area contributed by atoms with Crippen molar-refractivity contribution >= 4 is 32.8 Å². The molecule has 0 atom stereocenters. The van der Waals surface area contributed by atoms with Gasteiger partial charge >= 0.3 is 10.2 Å². The molecule has 0 bridgehead atoms. The first-order valence-electron chi connectivity index (χ1n) is 15.3. The van der Waals surface area contributed by atoms with Crippen LogP contribution in [0.5, 0.6) is 0 Å². The lowest BCUT2D eigenvalue weighted by molar-refractivity contribution is 0.0115. The van der Waals surface area contributed by atoms with Crippen LogP contribution in [0.3, 0.4) is 0 Å². The highest BCUT2D eigenvalue weighted by Gasteiger charge is 2.38. The molecular weight excluding hydrogens is 554 g/mol. The third-order valence-electron chi connectivity index (χ3n) is 9.46. The van der Waals surface area contributed by atoms with Gasteiger partial charge in [0.05, 0.1) is 35.7 Å². The van der Waals surface area contributed by atoms with Crippen molar-refractivity contribution in [3.63, 3.8) is 0 Å². The molecule has 0 spiro atoms. The van der Waals surface area contributed by atoms with E-state index in [1.807, 2.05) is 41.1 Å². The predicted molar refractivity (Wildman–Crippen MR) is 160 cm³/mol. The number of morpholine rings is 1. The number of aromatic nitrogens is 3. The number of pyridine rings is 1. The number of carbonyl (C=O) groups excluding carboxylic acids is 1. The first kappa shape index (κ1) is 27.8. The van der Waals surface area contributed by atoms with E-state index < -0.39 is 16.1 Å². The van der Waals surface area contributed by atoms with Crippen LogP contribution < -0.4 is 4.90 Å². The summed E-state index contributed by atoms with van der Waals surface area (Å²) >= 11 is 0. The topological polar surface area (TPSA) is 104 Å². The lowest BCUT2D eigenvalue weighted by atomic mass is 9.82. The number of carbonyl (C=O) groups is 1. The van der Waals surface area contributed by atoms with Crippen molar-refractivity contribution in [1.29, 1.82) is 0 Å². The van der Waals surface area contributed by atoms with E-state index >= 15 is 0 Å². The Hall–Kier alpha value is -3.06. The van der Waals surface area contributed by atoms with Gasteiger partial charge in [-0.15, -0.1) is 0 Å². The Balaban J connectivity index is 1.34. The van der Waals surface area contributed by atoms with Crippen LogP contribution in [0.4, 0.5) is 5.69 Å². The molecule has 3 aromatic rings. The predicted octanol–water partition coefficient (Wildman–Crippen LogP) is 3.01. The number of fused-ring (bicyclic) bond motifs is 1. The molecule has 4 aliphatic rings. The zero-order chi connectivity index (χ0) is 28.8. The second-order valence-electron chi connectivity index (χ2n) is 11.9. The average molecular weight is 594 g/mol. The molecule has 3 aliphatic heterocycles. The fourth-order valence-electron chi connectivity index (χ4n) is 6.78. The third-order valence-corrected chi connectivity index (χ3v) is 11.3. The molecule has 0 unspecified atom stereocenters. The molecule has 7 rings (SSSR count). The van der Waals surface area contributed by atoms with Crippen LogP contribution in [-0.4, -0.2) is 108 Å². The van der Waals surface area contributed by atoms with Gasteiger partial charge in [0.1, 0.15) is 5.69 Å². The van der Waals surface area contributed by atoms with E-state index in [9.17, 15) is 13.2 Å². The SMILES string of the molecule is CN1CCCN(C(=O)c2cc(N3CCC(N4CCOCC4)CC3)c3c(C4CCC4)nn(-c4ccccc4)c3n2)S1(=O)=O. The summed E-state index contributed by atoms with van der Waals surface area (Å²) in [5, 5.41) is 6.12. The van der Waals surface area contributed by atoms with Crippen molar-refractivity contribution < 1.29 is 17.9 Å². The van der Waals surface area contributed by atoms with E-state index in [2.05, 4.69) is 9.80 Å². The molecule has 3 saturated heterocycles. The van der Waals surface area contributed by atoms with Crippen LogP contribution in [0.1, 0.15) is 60.6 Å². The van der Waals surface area contributed by atoms with E-state index in [1.54, 1.807) is 0 Å². The van der Waals surface area contributed by atoms with Gasteiger partial charge in [-0.1, -0.05) is 24.6 Å². The standard InChI is InChI=1S/C30H39N7O4S/c1-33-13-6-14-36(42(33,39)40)30(38)25-21-26(35-15-11-23(12-16-35)34-17-19-41-20-18-34)27-28(22-7-5-8-22)32-37(29(27)31-25)24-9-3-2-4-10-24/h2-4,9-10,21-23H,5-8,11-20H2,1H3. The summed E-state index contributed by atoms with van der Waals surface area (Å²) in [5.74, 6) is -0.236. The number of amides is 1. The van der Waals surface area contributed by atoms with Crippen molar-refractivity contribution in [2.24, 2.45) is 0 Å². The second-order valence-corrected chi connectivity index (χ2v) is 13.9. The van der Waals surface area contributed by atoms with Gasteiger partial charge in [0, 0.05) is 58.3 Å². The summed E-state index contributed by atoms with van der Waals surface area (Å²) in [6.45, 7) is 5.75. The average Bonchev–Trinajstić information content (AvgIpc) is 3.37. The quantitative estimate of drug-likeness (QED) is 0.445. The van der Waals surface area contributed by atoms with Crippen molar-refractivity contribution in [1.82, 2.24) is 28.3 Å². The van der Waals surface area contributed by atoms with Crippen LogP contribution in [0.2, 0.25) is 0 Å². The van der Waals surface area contributed by atoms with Crippen LogP contribution >= 0.6 is 0 Å². The van der Waals surface area contributed by atoms with Gasteiger partial charge in [0.25, 0.3) is 5.91 Å². The van der Waals surface area contributed by atoms with Crippen LogP contribution in [0.15, 0.2) is 36.4 Å². The minimum atomic E-state index is -3.90. The second kappa shape index (κ2) is 11.2. The highest BCUT2D eigenvalue weighted by Crippen LogP contribution is 2.43. The molecule has 1 amide bonds. The van der Waals surface area contributed by atoms with Gasteiger partial charge in [-0.2, -0.15) is 17.8 Å². The molecule has 0 N–H and O–H groups in total. The smallest absolute Gasteiger partial charge is 0.306 e. The summed E-state index contributed by atoms with van der Waals surface area (Å²) in [6, 6.07) is 12.2. The number of piperidine rings is 1. The van der Waals surface area contributed by atoms with E-state index in [1.165, 1.54) is 17.8 Å². The molecule has 5 heterocycles. The summed E-state index contributed by atoms with van der Waals surface area (Å²) in [7, 11) is -2.38. The molecule has 1 aromatic carbocycles. The maximum Gasteiger partial charge on any atom is 0.306 e. The zero-order valence-electron chi connectivity index (χ0n) is 24.2. The number of ether oxygens (including phenoxy) is 1. The minimum Gasteiger partial charge on any atom is -0.379 e. The fourth-order valence-corrected chi connectivity index (χ4v) is 8.14. The fraction of sp³-hybridized carbons (Fsp3) is 0.567. The number of nitrogens with zero attached hydrogens (tertiary/aromatic N) is 7. The largest absolute Gasteiger partial charge is 0.379 e. The van der Waals surface area contributed by atoms with E-state index in [-0.39, 0.29) is 12.2 Å². The van der Waals surface area contributed by atoms with Crippen molar-refractivity contribution in [3.05, 3.63) is 47.8 Å². The van der Waals surface area contributed by atoms with Crippen LogP contribution in [-0.2, 0) is 14.9 Å². The van der Waals surface area contributed by atoms with Crippen LogP contribution in [0.25, 0.3) is 16.7 Å². The molecule has 4 fully saturated rings. The van der Waals surface area contributed by atoms with Crippen molar-refractivity contribution in [2.45, 2.75) is 50.5 Å². The van der Waals surface area contributed by atoms with Gasteiger partial charge in [-0.05, 0) is 50.3 Å². The molecule has 224 valence electrons. The first-order chi connectivity index (χ1) is 20.4. The Morgan fingerprint density at radius 3 is 2.36 bits per heavy atom. The van der Waals surface area contributed by atoms with Crippen LogP contribution in [0, 0.1) is 0 Å². The van der Waals surface area contributed by atoms with E-state index in [0.29, 0.717) is 30.6 Å². The van der Waals surface area contributed by atoms with Crippen molar-refractivity contribution in [3.8, 4) is 5.69 Å². The molecule has 0 radical (unpaired) electrons. The Bertz CT molecular complexity index is 1560. The maximum atomic E-state index is 13.9. The Labute approximate surface area is 247 Å². The van der Waals surface area contributed by atoms with Gasteiger partial charge in [-0.25, -0.2) is 14.0 Å². The molecule has 11 nitrogen and oxygen atoms in total.